The number of halogens is 1. The van der Waals surface area contributed by atoms with Crippen molar-refractivity contribution in [2.24, 2.45) is 0 Å². The number of nitrogens with two attached hydrogens (primary N) is 1. The Morgan fingerprint density at radius 3 is 2.67 bits per heavy atom. The number of carboxylic acids is 1. The van der Waals surface area contributed by atoms with Crippen molar-refractivity contribution in [3.05, 3.63) is 42.2 Å². The Hall–Kier alpha value is -2.37. The molecule has 0 fully saturated rings. The van der Waals surface area contributed by atoms with Gasteiger partial charge in [-0.05, 0) is 18.2 Å². The predicted octanol–water partition coefficient (Wildman–Crippen LogP) is 1.12. The summed E-state index contributed by atoms with van der Waals surface area (Å²) >= 11 is 0. The van der Waals surface area contributed by atoms with Crippen LogP contribution >= 0.6 is 0 Å². The molecule has 1 rings (SSSR count). The van der Waals surface area contributed by atoms with Gasteiger partial charge in [-0.1, -0.05) is 6.08 Å². The molecule has 0 radical (unpaired) electrons. The van der Waals surface area contributed by atoms with Gasteiger partial charge in [0.1, 0.15) is 12.4 Å². The number of nitrogen functional groups attached to an aromatic ring is 1. The molecule has 96 valence electrons. The third kappa shape index (κ3) is 3.31. The van der Waals surface area contributed by atoms with Crippen LogP contribution in [-0.4, -0.2) is 35.0 Å². The summed E-state index contributed by atoms with van der Waals surface area (Å²) in [6.07, 6.45) is 1.37. The maximum Gasteiger partial charge on any atom is 0.323 e. The van der Waals surface area contributed by atoms with E-state index in [1.54, 1.807) is 0 Å². The molecule has 0 unspecified atom stereocenters. The summed E-state index contributed by atoms with van der Waals surface area (Å²) in [4.78, 5) is 23.5. The SMILES string of the molecule is C=CCN(CC(=O)O)C(=O)c1ccc(N)cc1F. The van der Waals surface area contributed by atoms with E-state index in [0.717, 1.165) is 11.0 Å². The summed E-state index contributed by atoms with van der Waals surface area (Å²) in [5.41, 5.74) is 5.34. The van der Waals surface area contributed by atoms with Crippen molar-refractivity contribution in [1.82, 2.24) is 4.90 Å². The van der Waals surface area contributed by atoms with Crippen molar-refractivity contribution in [3.63, 3.8) is 0 Å². The van der Waals surface area contributed by atoms with Gasteiger partial charge in [0, 0.05) is 12.2 Å². The summed E-state index contributed by atoms with van der Waals surface area (Å²) in [6, 6.07) is 3.62. The predicted molar refractivity (Wildman–Crippen MR) is 64.5 cm³/mol. The molecular formula is C12H13FN2O3. The van der Waals surface area contributed by atoms with Gasteiger partial charge < -0.3 is 15.7 Å². The molecule has 0 saturated carbocycles. The molecule has 3 N–H and O–H groups in total. The molecule has 1 amide bonds. The van der Waals surface area contributed by atoms with Crippen molar-refractivity contribution < 1.29 is 19.1 Å². The Labute approximate surface area is 103 Å². The van der Waals surface area contributed by atoms with Crippen LogP contribution in [0.3, 0.4) is 0 Å². The summed E-state index contributed by atoms with van der Waals surface area (Å²) in [7, 11) is 0. The fraction of sp³-hybridized carbons (Fsp3) is 0.167. The zero-order valence-electron chi connectivity index (χ0n) is 9.60. The van der Waals surface area contributed by atoms with Gasteiger partial charge in [0.25, 0.3) is 5.91 Å². The summed E-state index contributed by atoms with van der Waals surface area (Å²) < 4.78 is 13.5. The van der Waals surface area contributed by atoms with Crippen LogP contribution in [0.2, 0.25) is 0 Å². The zero-order valence-corrected chi connectivity index (χ0v) is 9.60. The minimum Gasteiger partial charge on any atom is -0.480 e. The van der Waals surface area contributed by atoms with Crippen molar-refractivity contribution in [2.75, 3.05) is 18.8 Å². The highest BCUT2D eigenvalue weighted by Gasteiger charge is 2.20. The number of carboxylic acid groups (broad SMARTS) is 1. The molecule has 0 bridgehead atoms. The molecule has 18 heavy (non-hydrogen) atoms. The van der Waals surface area contributed by atoms with Gasteiger partial charge in [-0.15, -0.1) is 6.58 Å². The van der Waals surface area contributed by atoms with Crippen molar-refractivity contribution in [2.45, 2.75) is 0 Å². The minimum absolute atomic E-state index is 0.0228. The molecule has 0 atom stereocenters. The molecule has 1 aromatic carbocycles. The van der Waals surface area contributed by atoms with E-state index >= 15 is 0 Å². The van der Waals surface area contributed by atoms with Crippen LogP contribution in [-0.2, 0) is 4.79 Å². The van der Waals surface area contributed by atoms with E-state index in [1.807, 2.05) is 0 Å². The van der Waals surface area contributed by atoms with E-state index in [9.17, 15) is 14.0 Å². The van der Waals surface area contributed by atoms with E-state index in [-0.39, 0.29) is 17.8 Å². The molecule has 1 aromatic rings. The number of benzene rings is 1. The Balaban J connectivity index is 3.01. The number of carbonyl (C=O) groups is 2. The van der Waals surface area contributed by atoms with Crippen LogP contribution in [0, 0.1) is 5.82 Å². The standard InChI is InChI=1S/C12H13FN2O3/c1-2-5-15(7-11(16)17)12(18)9-4-3-8(14)6-10(9)13/h2-4,6H,1,5,7,14H2,(H,16,17). The number of hydrogen-bond acceptors (Lipinski definition) is 3. The summed E-state index contributed by atoms with van der Waals surface area (Å²) in [5.74, 6) is -2.67. The molecular weight excluding hydrogens is 239 g/mol. The Kier molecular flexibility index (Phi) is 4.42. The summed E-state index contributed by atoms with van der Waals surface area (Å²) in [5, 5.41) is 8.68. The van der Waals surface area contributed by atoms with Gasteiger partial charge in [-0.3, -0.25) is 9.59 Å². The first kappa shape index (κ1) is 13.7. The van der Waals surface area contributed by atoms with E-state index in [0.29, 0.717) is 0 Å². The van der Waals surface area contributed by atoms with E-state index in [4.69, 9.17) is 10.8 Å². The zero-order chi connectivity index (χ0) is 13.7. The maximum absolute atomic E-state index is 13.5. The number of carbonyl (C=O) groups excluding carboxylic acids is 1. The molecule has 0 spiro atoms. The van der Waals surface area contributed by atoms with Crippen LogP contribution in [0.4, 0.5) is 10.1 Å². The van der Waals surface area contributed by atoms with Crippen LogP contribution in [0.1, 0.15) is 10.4 Å². The third-order valence-corrected chi connectivity index (χ3v) is 2.19. The number of hydrogen-bond donors (Lipinski definition) is 2. The normalized spacial score (nSPS) is 9.83. The fourth-order valence-corrected chi connectivity index (χ4v) is 1.41. The Bertz CT molecular complexity index is 488. The van der Waals surface area contributed by atoms with Crippen LogP contribution in [0.5, 0.6) is 0 Å². The number of rotatable bonds is 5. The third-order valence-electron chi connectivity index (χ3n) is 2.19. The van der Waals surface area contributed by atoms with Gasteiger partial charge in [0.05, 0.1) is 5.56 Å². The molecule has 5 nitrogen and oxygen atoms in total. The molecule has 0 aromatic heterocycles. The second-order valence-corrected chi connectivity index (χ2v) is 3.61. The molecule has 0 aliphatic heterocycles. The Morgan fingerprint density at radius 1 is 1.50 bits per heavy atom. The van der Waals surface area contributed by atoms with E-state index < -0.39 is 24.2 Å². The molecule has 0 saturated heterocycles. The van der Waals surface area contributed by atoms with E-state index in [2.05, 4.69) is 6.58 Å². The topological polar surface area (TPSA) is 83.6 Å². The first-order chi connectivity index (χ1) is 8.45. The van der Waals surface area contributed by atoms with Gasteiger partial charge in [-0.2, -0.15) is 0 Å². The molecule has 0 aliphatic rings. The van der Waals surface area contributed by atoms with Crippen LogP contribution in [0.15, 0.2) is 30.9 Å². The highest BCUT2D eigenvalue weighted by atomic mass is 19.1. The molecule has 0 aliphatic carbocycles. The highest BCUT2D eigenvalue weighted by Crippen LogP contribution is 2.14. The monoisotopic (exact) mass is 252 g/mol. The molecule has 6 heteroatoms. The number of nitrogens with zero attached hydrogens (tertiary/aromatic N) is 1. The largest absolute Gasteiger partial charge is 0.480 e. The summed E-state index contributed by atoms with van der Waals surface area (Å²) in [6.45, 7) is 2.92. The lowest BCUT2D eigenvalue weighted by molar-refractivity contribution is -0.137. The average Bonchev–Trinajstić information content (AvgIpc) is 2.27. The fourth-order valence-electron chi connectivity index (χ4n) is 1.41. The van der Waals surface area contributed by atoms with Crippen LogP contribution in [0.25, 0.3) is 0 Å². The highest BCUT2D eigenvalue weighted by molar-refractivity contribution is 5.96. The molecule has 0 heterocycles. The van der Waals surface area contributed by atoms with Gasteiger partial charge in [0.15, 0.2) is 0 Å². The smallest absolute Gasteiger partial charge is 0.323 e. The minimum atomic E-state index is -1.18. The quantitative estimate of drug-likeness (QED) is 0.607. The first-order valence-corrected chi connectivity index (χ1v) is 5.12. The number of amides is 1. The van der Waals surface area contributed by atoms with Gasteiger partial charge >= 0.3 is 5.97 Å². The average molecular weight is 252 g/mol. The van der Waals surface area contributed by atoms with Crippen LogP contribution < -0.4 is 5.73 Å². The lowest BCUT2D eigenvalue weighted by atomic mass is 10.1. The second kappa shape index (κ2) is 5.81. The van der Waals surface area contributed by atoms with Crippen molar-refractivity contribution in [3.8, 4) is 0 Å². The first-order valence-electron chi connectivity index (χ1n) is 5.12. The van der Waals surface area contributed by atoms with E-state index in [1.165, 1.54) is 18.2 Å². The number of aliphatic carboxylic acids is 1. The Morgan fingerprint density at radius 2 is 2.17 bits per heavy atom. The lowest BCUT2D eigenvalue weighted by Crippen LogP contribution is -2.36. The lowest BCUT2D eigenvalue weighted by Gasteiger charge is -2.19. The van der Waals surface area contributed by atoms with Crippen molar-refractivity contribution >= 4 is 17.6 Å². The van der Waals surface area contributed by atoms with Gasteiger partial charge in [0.2, 0.25) is 0 Å². The van der Waals surface area contributed by atoms with Crippen molar-refractivity contribution in [1.29, 1.82) is 0 Å². The number of anilines is 1. The maximum atomic E-state index is 13.5. The second-order valence-electron chi connectivity index (χ2n) is 3.61. The van der Waals surface area contributed by atoms with Gasteiger partial charge in [-0.25, -0.2) is 4.39 Å².